The zero-order chi connectivity index (χ0) is 23.6. The number of aliphatic hydroxyl groups is 2. The van der Waals surface area contributed by atoms with E-state index < -0.39 is 72.9 Å². The summed E-state index contributed by atoms with van der Waals surface area (Å²) in [4.78, 5) is 59.2. The number of hydrogen-bond acceptors (Lipinski definition) is 8. The fourth-order valence-electron chi connectivity index (χ4n) is 2.30. The number of carbonyl (C=O) groups excluding carboxylic acids is 4. The van der Waals surface area contributed by atoms with Gasteiger partial charge in [-0.3, -0.25) is 19.2 Å². The number of aliphatic hydroxyl groups excluding tert-OH is 2. The van der Waals surface area contributed by atoms with Gasteiger partial charge in [0.15, 0.2) is 6.04 Å². The first-order valence-corrected chi connectivity index (χ1v) is 9.32. The second kappa shape index (κ2) is 12.7. The van der Waals surface area contributed by atoms with Crippen molar-refractivity contribution in [1.82, 2.24) is 16.0 Å². The molecule has 13 nitrogen and oxygen atoms in total. The number of carbonyl (C=O) groups is 5. The van der Waals surface area contributed by atoms with E-state index in [1.807, 2.05) is 12.2 Å². The minimum absolute atomic E-state index is 0.216. The summed E-state index contributed by atoms with van der Waals surface area (Å²) in [7, 11) is 0. The van der Waals surface area contributed by atoms with Gasteiger partial charge in [-0.05, 0) is 12.8 Å². The summed E-state index contributed by atoms with van der Waals surface area (Å²) >= 11 is 0. The van der Waals surface area contributed by atoms with Crippen LogP contribution < -0.4 is 27.4 Å². The third-order valence-electron chi connectivity index (χ3n) is 4.46. The van der Waals surface area contributed by atoms with E-state index in [1.54, 1.807) is 6.92 Å². The minimum atomic E-state index is -1.68. The van der Waals surface area contributed by atoms with Crippen LogP contribution >= 0.6 is 0 Å². The Labute approximate surface area is 173 Å². The molecule has 172 valence electrons. The molecule has 0 aromatic heterocycles. The Bertz CT molecular complexity index is 642. The summed E-state index contributed by atoms with van der Waals surface area (Å²) in [5.74, 6) is -5.49. The Morgan fingerprint density at radius 2 is 1.43 bits per heavy atom. The van der Waals surface area contributed by atoms with Crippen LogP contribution in [0.1, 0.15) is 33.6 Å². The number of rotatable bonds is 13. The number of amides is 4. The molecule has 0 aliphatic rings. The molecule has 0 saturated carbocycles. The van der Waals surface area contributed by atoms with Crippen LogP contribution in [0.5, 0.6) is 0 Å². The average Bonchev–Trinajstić information content (AvgIpc) is 2.66. The maximum Gasteiger partial charge on any atom is 0.328 e. The molecule has 0 heterocycles. The molecule has 6 unspecified atom stereocenters. The van der Waals surface area contributed by atoms with Crippen molar-refractivity contribution in [3.05, 3.63) is 0 Å². The maximum atomic E-state index is 12.5. The van der Waals surface area contributed by atoms with Crippen molar-refractivity contribution in [1.29, 1.82) is 0 Å². The Balaban J connectivity index is 5.30. The number of primary amides is 1. The van der Waals surface area contributed by atoms with Crippen LogP contribution in [-0.4, -0.2) is 81.8 Å². The highest BCUT2D eigenvalue weighted by Gasteiger charge is 2.32. The number of aliphatic carboxylic acids is 1. The molecule has 0 aromatic carbocycles. The molecule has 0 rings (SSSR count). The number of nitrogens with two attached hydrogens (primary N) is 2. The van der Waals surface area contributed by atoms with Crippen LogP contribution in [0, 0.1) is 5.92 Å². The van der Waals surface area contributed by atoms with Gasteiger partial charge >= 0.3 is 5.97 Å². The van der Waals surface area contributed by atoms with Crippen LogP contribution in [0.2, 0.25) is 0 Å². The third-order valence-corrected chi connectivity index (χ3v) is 4.46. The van der Waals surface area contributed by atoms with E-state index in [9.17, 15) is 34.2 Å². The van der Waals surface area contributed by atoms with Crippen LogP contribution in [0.25, 0.3) is 0 Å². The van der Waals surface area contributed by atoms with E-state index in [0.717, 1.165) is 6.92 Å². The summed E-state index contributed by atoms with van der Waals surface area (Å²) in [5.41, 5.74) is 10.9. The molecule has 0 radical (unpaired) electrons. The Hall–Kier alpha value is -2.77. The lowest BCUT2D eigenvalue weighted by molar-refractivity contribution is -0.145. The first kappa shape index (κ1) is 27.2. The van der Waals surface area contributed by atoms with E-state index in [0.29, 0.717) is 6.42 Å². The topological polar surface area (TPSA) is 234 Å². The smallest absolute Gasteiger partial charge is 0.328 e. The predicted octanol–water partition coefficient (Wildman–Crippen LogP) is -3.85. The first-order chi connectivity index (χ1) is 13.8. The van der Waals surface area contributed by atoms with Crippen molar-refractivity contribution in [2.45, 2.75) is 63.9 Å². The summed E-state index contributed by atoms with van der Waals surface area (Å²) in [6.45, 7) is 3.74. The highest BCUT2D eigenvalue weighted by atomic mass is 16.4. The normalized spacial score (nSPS) is 16.9. The molecule has 4 amide bonds. The van der Waals surface area contributed by atoms with Gasteiger partial charge in [-0.25, -0.2) is 4.79 Å². The molecule has 0 aromatic rings. The van der Waals surface area contributed by atoms with Crippen molar-refractivity contribution in [3.63, 3.8) is 0 Å². The van der Waals surface area contributed by atoms with Gasteiger partial charge in [0.05, 0.1) is 25.2 Å². The van der Waals surface area contributed by atoms with Gasteiger partial charge in [-0.1, -0.05) is 20.3 Å². The molecule has 0 fully saturated rings. The van der Waals surface area contributed by atoms with Crippen molar-refractivity contribution >= 4 is 29.6 Å². The lowest BCUT2D eigenvalue weighted by Gasteiger charge is -2.25. The quantitative estimate of drug-likeness (QED) is 0.142. The number of nitrogens with one attached hydrogen (secondary N) is 3. The summed E-state index contributed by atoms with van der Waals surface area (Å²) in [6, 6.07) is -5.73. The third kappa shape index (κ3) is 8.71. The molecule has 10 N–H and O–H groups in total. The fraction of sp³-hybridized carbons (Fsp3) is 0.706. The second-order valence-corrected chi connectivity index (χ2v) is 6.95. The van der Waals surface area contributed by atoms with Gasteiger partial charge in [-0.2, -0.15) is 0 Å². The lowest BCUT2D eigenvalue weighted by atomic mass is 9.99. The predicted molar refractivity (Wildman–Crippen MR) is 103 cm³/mol. The number of carboxylic acid groups (broad SMARTS) is 1. The van der Waals surface area contributed by atoms with Gasteiger partial charge in [0.2, 0.25) is 23.6 Å². The average molecular weight is 433 g/mol. The highest BCUT2D eigenvalue weighted by Crippen LogP contribution is 2.06. The van der Waals surface area contributed by atoms with Crippen LogP contribution in [0.15, 0.2) is 0 Å². The van der Waals surface area contributed by atoms with E-state index >= 15 is 0 Å². The van der Waals surface area contributed by atoms with Crippen molar-refractivity contribution < 1.29 is 39.3 Å². The lowest BCUT2D eigenvalue weighted by Crippen LogP contribution is -2.60. The van der Waals surface area contributed by atoms with Gasteiger partial charge in [-0.15, -0.1) is 0 Å². The van der Waals surface area contributed by atoms with Gasteiger partial charge in [0.1, 0.15) is 12.1 Å². The molecule has 0 saturated heterocycles. The molecular formula is C17H31N5O8. The molecule has 6 atom stereocenters. The monoisotopic (exact) mass is 433 g/mol. The van der Waals surface area contributed by atoms with Gasteiger partial charge in [0.25, 0.3) is 0 Å². The summed E-state index contributed by atoms with van der Waals surface area (Å²) in [5, 5.41) is 34.2. The summed E-state index contributed by atoms with van der Waals surface area (Å²) < 4.78 is 0. The van der Waals surface area contributed by atoms with Crippen molar-refractivity contribution in [2.75, 3.05) is 6.61 Å². The molecular weight excluding hydrogens is 402 g/mol. The highest BCUT2D eigenvalue weighted by molar-refractivity contribution is 5.96. The zero-order valence-corrected chi connectivity index (χ0v) is 17.1. The van der Waals surface area contributed by atoms with Gasteiger partial charge < -0.3 is 42.7 Å². The standard InChI is InChI=1S/C17H31N5O8/c1-4-7(2)12(19)16(28)20-9(5-11(18)25)14(26)21-10(6-23)15(27)22-13(8(3)24)17(29)30/h7-10,12-13,23-24H,4-6,19H2,1-3H3,(H2,18,25)(H,20,28)(H,21,26)(H,22,27)(H,29,30). The number of carboxylic acids is 1. The molecule has 0 spiro atoms. The molecule has 0 bridgehead atoms. The minimum Gasteiger partial charge on any atom is -0.480 e. The van der Waals surface area contributed by atoms with E-state index in [4.69, 9.17) is 16.6 Å². The Morgan fingerprint density at radius 1 is 0.933 bits per heavy atom. The Kier molecular flexibility index (Phi) is 11.5. The number of hydrogen-bond donors (Lipinski definition) is 8. The summed E-state index contributed by atoms with van der Waals surface area (Å²) in [6.07, 6.45) is -1.47. The van der Waals surface area contributed by atoms with Crippen LogP contribution in [0.4, 0.5) is 0 Å². The van der Waals surface area contributed by atoms with E-state index in [2.05, 4.69) is 10.6 Å². The Morgan fingerprint density at radius 3 is 1.83 bits per heavy atom. The molecule has 13 heteroatoms. The first-order valence-electron chi connectivity index (χ1n) is 9.32. The van der Waals surface area contributed by atoms with Crippen LogP contribution in [0.3, 0.4) is 0 Å². The molecule has 0 aliphatic heterocycles. The maximum absolute atomic E-state index is 12.5. The van der Waals surface area contributed by atoms with E-state index in [1.165, 1.54) is 0 Å². The molecule has 0 aliphatic carbocycles. The largest absolute Gasteiger partial charge is 0.480 e. The second-order valence-electron chi connectivity index (χ2n) is 6.95. The zero-order valence-electron chi connectivity index (χ0n) is 17.1. The van der Waals surface area contributed by atoms with Crippen molar-refractivity contribution in [2.24, 2.45) is 17.4 Å². The van der Waals surface area contributed by atoms with Crippen molar-refractivity contribution in [3.8, 4) is 0 Å². The SMILES string of the molecule is CCC(C)C(N)C(=O)NC(CC(N)=O)C(=O)NC(CO)C(=O)NC(C(=O)O)C(C)O. The fourth-order valence-corrected chi connectivity index (χ4v) is 2.30. The molecule has 30 heavy (non-hydrogen) atoms. The van der Waals surface area contributed by atoms with Gasteiger partial charge in [0, 0.05) is 0 Å². The van der Waals surface area contributed by atoms with E-state index in [-0.39, 0.29) is 5.92 Å². The van der Waals surface area contributed by atoms with Crippen LogP contribution in [-0.2, 0) is 24.0 Å².